The van der Waals surface area contributed by atoms with Gasteiger partial charge < -0.3 is 5.32 Å². The van der Waals surface area contributed by atoms with Crippen LogP contribution < -0.4 is 5.32 Å². The highest BCUT2D eigenvalue weighted by Crippen LogP contribution is 2.23. The van der Waals surface area contributed by atoms with Crippen molar-refractivity contribution >= 4 is 23.2 Å². The van der Waals surface area contributed by atoms with Gasteiger partial charge in [0.05, 0.1) is 33.3 Å². The van der Waals surface area contributed by atoms with E-state index in [0.717, 1.165) is 11.4 Å². The molecule has 3 aromatic rings. The van der Waals surface area contributed by atoms with Gasteiger partial charge in [0, 0.05) is 7.05 Å². The minimum atomic E-state index is -0.294. The number of nitrogens with zero attached hydrogens (tertiary/aromatic N) is 6. The number of amides is 1. The Kier molecular flexibility index (Phi) is 3.83. The van der Waals surface area contributed by atoms with Crippen molar-refractivity contribution < 1.29 is 4.79 Å². The second-order valence-electron chi connectivity index (χ2n) is 5.04. The summed E-state index contributed by atoms with van der Waals surface area (Å²) in [6, 6.07) is 4.99. The molecule has 0 fully saturated rings. The normalized spacial score (nSPS) is 10.8. The lowest BCUT2D eigenvalue weighted by Gasteiger charge is -2.08. The fourth-order valence-electron chi connectivity index (χ4n) is 2.25. The van der Waals surface area contributed by atoms with Gasteiger partial charge in [-0.15, -0.1) is 5.10 Å². The molecule has 1 amide bonds. The molecule has 0 saturated carbocycles. The van der Waals surface area contributed by atoms with Crippen molar-refractivity contribution in [2.45, 2.75) is 13.8 Å². The van der Waals surface area contributed by atoms with Crippen LogP contribution >= 0.6 is 11.6 Å². The molecule has 3 rings (SSSR count). The van der Waals surface area contributed by atoms with Crippen LogP contribution in [0.5, 0.6) is 0 Å². The molecule has 2 heterocycles. The first-order valence-electron chi connectivity index (χ1n) is 6.82. The van der Waals surface area contributed by atoms with Crippen LogP contribution in [0.2, 0.25) is 5.02 Å². The zero-order valence-corrected chi connectivity index (χ0v) is 13.5. The van der Waals surface area contributed by atoms with Gasteiger partial charge >= 0.3 is 0 Å². The molecular formula is C14H14ClN7O. The summed E-state index contributed by atoms with van der Waals surface area (Å²) in [6.07, 6.45) is 1.45. The van der Waals surface area contributed by atoms with E-state index in [9.17, 15) is 4.79 Å². The number of halogens is 1. The standard InChI is InChI=1S/C14H14ClN7O/c1-8-13(9(2)21(3)18-8)17-14(23)11-5-4-10(6-12(11)15)22-7-16-19-20-22/h4-7H,1-3H3,(H,17,23). The molecule has 0 atom stereocenters. The van der Waals surface area contributed by atoms with Crippen molar-refractivity contribution in [3.8, 4) is 5.69 Å². The SMILES string of the molecule is Cc1nn(C)c(C)c1NC(=O)c1ccc(-n2cnnn2)cc1Cl. The smallest absolute Gasteiger partial charge is 0.257 e. The summed E-state index contributed by atoms with van der Waals surface area (Å²) in [6.45, 7) is 3.73. The molecular weight excluding hydrogens is 318 g/mol. The summed E-state index contributed by atoms with van der Waals surface area (Å²) in [7, 11) is 1.83. The summed E-state index contributed by atoms with van der Waals surface area (Å²) < 4.78 is 3.18. The average molecular weight is 332 g/mol. The molecule has 8 nitrogen and oxygen atoms in total. The largest absolute Gasteiger partial charge is 0.319 e. The molecule has 0 aliphatic carbocycles. The number of rotatable bonds is 3. The minimum absolute atomic E-state index is 0.294. The van der Waals surface area contributed by atoms with Gasteiger partial charge in [-0.1, -0.05) is 11.6 Å². The third-order valence-electron chi connectivity index (χ3n) is 3.56. The third-order valence-corrected chi connectivity index (χ3v) is 3.87. The molecule has 0 aliphatic rings. The fourth-order valence-corrected chi connectivity index (χ4v) is 2.51. The summed E-state index contributed by atoms with van der Waals surface area (Å²) in [5.74, 6) is -0.294. The lowest BCUT2D eigenvalue weighted by Crippen LogP contribution is -2.14. The second-order valence-corrected chi connectivity index (χ2v) is 5.45. The van der Waals surface area contributed by atoms with Gasteiger partial charge in [-0.05, 0) is 42.5 Å². The van der Waals surface area contributed by atoms with E-state index in [2.05, 4.69) is 25.9 Å². The maximum absolute atomic E-state index is 12.5. The zero-order valence-electron chi connectivity index (χ0n) is 12.8. The topological polar surface area (TPSA) is 90.5 Å². The number of tetrazole rings is 1. The molecule has 0 spiro atoms. The third kappa shape index (κ3) is 2.80. The fraction of sp³-hybridized carbons (Fsp3) is 0.214. The Hall–Kier alpha value is -2.74. The van der Waals surface area contributed by atoms with Crippen LogP contribution in [-0.4, -0.2) is 35.9 Å². The second kappa shape index (κ2) is 5.81. The number of aryl methyl sites for hydroxylation is 2. The van der Waals surface area contributed by atoms with Gasteiger partial charge in [-0.2, -0.15) is 5.10 Å². The summed E-state index contributed by atoms with van der Waals surface area (Å²) in [5.41, 5.74) is 3.35. The number of carbonyl (C=O) groups excluding carboxylic acids is 1. The molecule has 118 valence electrons. The maximum Gasteiger partial charge on any atom is 0.257 e. The first-order chi connectivity index (χ1) is 11.0. The summed E-state index contributed by atoms with van der Waals surface area (Å²) in [5, 5.41) is 18.4. The van der Waals surface area contributed by atoms with Crippen LogP contribution in [0.25, 0.3) is 5.69 Å². The van der Waals surface area contributed by atoms with Crippen LogP contribution in [0.1, 0.15) is 21.7 Å². The molecule has 0 unspecified atom stereocenters. The van der Waals surface area contributed by atoms with Gasteiger partial charge in [-0.25, -0.2) is 4.68 Å². The van der Waals surface area contributed by atoms with Gasteiger partial charge in [0.2, 0.25) is 0 Å². The van der Waals surface area contributed by atoms with Gasteiger partial charge in [0.25, 0.3) is 5.91 Å². The number of benzene rings is 1. The highest BCUT2D eigenvalue weighted by molar-refractivity contribution is 6.34. The Labute approximate surface area is 137 Å². The van der Waals surface area contributed by atoms with Crippen molar-refractivity contribution in [3.05, 3.63) is 46.5 Å². The first-order valence-corrected chi connectivity index (χ1v) is 7.19. The van der Waals surface area contributed by atoms with E-state index in [0.29, 0.717) is 22.0 Å². The Morgan fingerprint density at radius 1 is 1.30 bits per heavy atom. The molecule has 0 aliphatic heterocycles. The monoisotopic (exact) mass is 331 g/mol. The van der Waals surface area contributed by atoms with Crippen LogP contribution in [0.4, 0.5) is 5.69 Å². The van der Waals surface area contributed by atoms with E-state index < -0.39 is 0 Å². The predicted octanol–water partition coefficient (Wildman–Crippen LogP) is 1.92. The Morgan fingerprint density at radius 3 is 2.65 bits per heavy atom. The predicted molar refractivity (Wildman–Crippen MR) is 84.8 cm³/mol. The van der Waals surface area contributed by atoms with Crippen molar-refractivity contribution in [1.29, 1.82) is 0 Å². The number of hydrogen-bond donors (Lipinski definition) is 1. The van der Waals surface area contributed by atoms with Gasteiger partial charge in [0.1, 0.15) is 6.33 Å². The lowest BCUT2D eigenvalue weighted by molar-refractivity contribution is 0.102. The summed E-state index contributed by atoms with van der Waals surface area (Å²) in [4.78, 5) is 12.5. The van der Waals surface area contributed by atoms with E-state index in [4.69, 9.17) is 11.6 Å². The molecule has 0 radical (unpaired) electrons. The van der Waals surface area contributed by atoms with Crippen molar-refractivity contribution in [2.75, 3.05) is 5.32 Å². The van der Waals surface area contributed by atoms with Crippen molar-refractivity contribution in [2.24, 2.45) is 7.05 Å². The summed E-state index contributed by atoms with van der Waals surface area (Å²) >= 11 is 6.23. The molecule has 2 aromatic heterocycles. The highest BCUT2D eigenvalue weighted by atomic mass is 35.5. The maximum atomic E-state index is 12.5. The van der Waals surface area contributed by atoms with Crippen molar-refractivity contribution in [1.82, 2.24) is 30.0 Å². The van der Waals surface area contributed by atoms with Crippen LogP contribution in [0.3, 0.4) is 0 Å². The highest BCUT2D eigenvalue weighted by Gasteiger charge is 2.16. The molecule has 1 N–H and O–H groups in total. The van der Waals surface area contributed by atoms with Crippen LogP contribution in [-0.2, 0) is 7.05 Å². The number of hydrogen-bond acceptors (Lipinski definition) is 5. The minimum Gasteiger partial charge on any atom is -0.319 e. The van der Waals surface area contributed by atoms with E-state index in [1.54, 1.807) is 22.9 Å². The van der Waals surface area contributed by atoms with E-state index in [1.807, 2.05) is 20.9 Å². The number of carbonyl (C=O) groups is 1. The number of anilines is 1. The van der Waals surface area contributed by atoms with E-state index >= 15 is 0 Å². The number of nitrogens with one attached hydrogen (secondary N) is 1. The molecule has 0 bridgehead atoms. The van der Waals surface area contributed by atoms with Crippen LogP contribution in [0.15, 0.2) is 24.5 Å². The Balaban J connectivity index is 1.88. The number of aromatic nitrogens is 6. The van der Waals surface area contributed by atoms with Crippen LogP contribution in [0, 0.1) is 13.8 Å². The Bertz CT molecular complexity index is 870. The first kappa shape index (κ1) is 15.2. The molecule has 9 heteroatoms. The lowest BCUT2D eigenvalue weighted by atomic mass is 10.2. The molecule has 0 saturated heterocycles. The molecule has 1 aromatic carbocycles. The van der Waals surface area contributed by atoms with E-state index in [1.165, 1.54) is 11.0 Å². The van der Waals surface area contributed by atoms with Gasteiger partial charge in [-0.3, -0.25) is 9.48 Å². The molecule has 23 heavy (non-hydrogen) atoms. The Morgan fingerprint density at radius 2 is 2.09 bits per heavy atom. The van der Waals surface area contributed by atoms with Gasteiger partial charge in [0.15, 0.2) is 0 Å². The zero-order chi connectivity index (χ0) is 16.6. The van der Waals surface area contributed by atoms with Crippen molar-refractivity contribution in [3.63, 3.8) is 0 Å². The quantitative estimate of drug-likeness (QED) is 0.791. The average Bonchev–Trinajstić information content (AvgIpc) is 3.12. The van der Waals surface area contributed by atoms with E-state index in [-0.39, 0.29) is 5.91 Å².